The van der Waals surface area contributed by atoms with Gasteiger partial charge in [0.1, 0.15) is 11.6 Å². The average Bonchev–Trinajstić information content (AvgIpc) is 3.11. The number of amides is 1. The second-order valence-corrected chi connectivity index (χ2v) is 7.35. The highest BCUT2D eigenvalue weighted by Crippen LogP contribution is 2.19. The van der Waals surface area contributed by atoms with Crippen molar-refractivity contribution in [3.63, 3.8) is 0 Å². The fraction of sp³-hybridized carbons (Fsp3) is 0.200. The molecule has 4 rings (SSSR count). The lowest BCUT2D eigenvalue weighted by atomic mass is 10.1. The van der Waals surface area contributed by atoms with Crippen LogP contribution in [0.2, 0.25) is 0 Å². The van der Waals surface area contributed by atoms with Gasteiger partial charge in [-0.2, -0.15) is 0 Å². The lowest BCUT2D eigenvalue weighted by molar-refractivity contribution is -0.120. The van der Waals surface area contributed by atoms with E-state index < -0.39 is 0 Å². The first-order valence-corrected chi connectivity index (χ1v) is 10.2. The molecule has 152 valence electrons. The molecule has 0 spiro atoms. The number of hydrogen-bond donors (Lipinski definition) is 1. The maximum atomic E-state index is 13.3. The summed E-state index contributed by atoms with van der Waals surface area (Å²) in [7, 11) is 0. The largest absolute Gasteiger partial charge is 0.356 e. The van der Waals surface area contributed by atoms with E-state index in [1.54, 1.807) is 12.1 Å². The van der Waals surface area contributed by atoms with E-state index in [9.17, 15) is 9.18 Å². The molecule has 1 heterocycles. The molecule has 0 aliphatic heterocycles. The third-order valence-electron chi connectivity index (χ3n) is 5.09. The number of nitrogens with zero attached hydrogens (tertiary/aromatic N) is 2. The Hall–Kier alpha value is -3.47. The normalized spacial score (nSPS) is 11.0. The van der Waals surface area contributed by atoms with Crippen LogP contribution in [-0.2, 0) is 24.2 Å². The molecule has 5 heteroatoms. The summed E-state index contributed by atoms with van der Waals surface area (Å²) in [6.45, 7) is 1.24. The van der Waals surface area contributed by atoms with Crippen molar-refractivity contribution >= 4 is 16.9 Å². The molecule has 0 radical (unpaired) electrons. The van der Waals surface area contributed by atoms with Gasteiger partial charge in [0.05, 0.1) is 17.5 Å². The van der Waals surface area contributed by atoms with Crippen LogP contribution >= 0.6 is 0 Å². The number of aromatic nitrogens is 2. The summed E-state index contributed by atoms with van der Waals surface area (Å²) >= 11 is 0. The second kappa shape index (κ2) is 9.35. The number of carbonyl (C=O) groups is 1. The van der Waals surface area contributed by atoms with Crippen molar-refractivity contribution in [3.05, 3.63) is 102 Å². The number of carbonyl (C=O) groups excluding carboxylic acids is 1. The van der Waals surface area contributed by atoms with Crippen molar-refractivity contribution in [1.29, 1.82) is 0 Å². The van der Waals surface area contributed by atoms with Crippen molar-refractivity contribution in [2.45, 2.75) is 25.8 Å². The van der Waals surface area contributed by atoms with E-state index in [0.29, 0.717) is 19.5 Å². The molecule has 0 aliphatic carbocycles. The summed E-state index contributed by atoms with van der Waals surface area (Å²) in [5.41, 5.74) is 4.04. The van der Waals surface area contributed by atoms with Crippen molar-refractivity contribution in [2.75, 3.05) is 6.54 Å². The summed E-state index contributed by atoms with van der Waals surface area (Å²) in [5, 5.41) is 2.99. The number of aryl methyl sites for hydroxylation is 1. The van der Waals surface area contributed by atoms with E-state index >= 15 is 0 Å². The van der Waals surface area contributed by atoms with Crippen LogP contribution in [0.3, 0.4) is 0 Å². The Labute approximate surface area is 175 Å². The van der Waals surface area contributed by atoms with E-state index in [1.807, 2.05) is 48.5 Å². The average molecular weight is 401 g/mol. The maximum Gasteiger partial charge on any atom is 0.224 e. The smallest absolute Gasteiger partial charge is 0.224 e. The van der Waals surface area contributed by atoms with Crippen molar-refractivity contribution in [3.8, 4) is 0 Å². The van der Waals surface area contributed by atoms with Gasteiger partial charge in [-0.1, -0.05) is 54.6 Å². The maximum absolute atomic E-state index is 13.3. The quantitative estimate of drug-likeness (QED) is 0.442. The minimum atomic E-state index is -0.235. The Bertz CT molecular complexity index is 1120. The highest BCUT2D eigenvalue weighted by molar-refractivity contribution is 5.78. The second-order valence-electron chi connectivity index (χ2n) is 7.35. The van der Waals surface area contributed by atoms with E-state index in [2.05, 4.69) is 16.0 Å². The standard InChI is InChI=1S/C25H24FN3O/c26-21-14-12-20(13-15-21)18-29-23-10-5-4-9-22(23)28-24(29)11-6-16-27-25(30)17-19-7-2-1-3-8-19/h1-5,7-10,12-15H,6,11,16-18H2,(H,27,30). The van der Waals surface area contributed by atoms with Gasteiger partial charge in [0.2, 0.25) is 5.91 Å². The number of para-hydroxylation sites is 2. The summed E-state index contributed by atoms with van der Waals surface area (Å²) in [4.78, 5) is 16.9. The summed E-state index contributed by atoms with van der Waals surface area (Å²) in [6.07, 6.45) is 1.94. The Morgan fingerprint density at radius 1 is 0.900 bits per heavy atom. The Morgan fingerprint density at radius 3 is 2.43 bits per heavy atom. The summed E-state index contributed by atoms with van der Waals surface area (Å²) in [5.74, 6) is 0.763. The molecule has 1 N–H and O–H groups in total. The first kappa shape index (κ1) is 19.8. The number of nitrogens with one attached hydrogen (secondary N) is 1. The van der Waals surface area contributed by atoms with Crippen LogP contribution in [0.4, 0.5) is 4.39 Å². The summed E-state index contributed by atoms with van der Waals surface area (Å²) < 4.78 is 15.4. The van der Waals surface area contributed by atoms with Gasteiger partial charge in [-0.3, -0.25) is 4.79 Å². The molecular weight excluding hydrogens is 377 g/mol. The van der Waals surface area contributed by atoms with Gasteiger partial charge >= 0.3 is 0 Å². The Balaban J connectivity index is 1.39. The molecule has 4 nitrogen and oxygen atoms in total. The van der Waals surface area contributed by atoms with Crippen LogP contribution < -0.4 is 5.32 Å². The molecule has 0 fully saturated rings. The molecule has 1 aromatic heterocycles. The highest BCUT2D eigenvalue weighted by Gasteiger charge is 2.11. The van der Waals surface area contributed by atoms with Gasteiger partial charge in [-0.15, -0.1) is 0 Å². The number of rotatable bonds is 8. The Morgan fingerprint density at radius 2 is 1.63 bits per heavy atom. The zero-order valence-electron chi connectivity index (χ0n) is 16.7. The van der Waals surface area contributed by atoms with Crippen molar-refractivity contribution in [1.82, 2.24) is 14.9 Å². The fourth-order valence-corrected chi connectivity index (χ4v) is 3.58. The van der Waals surface area contributed by atoms with Crippen LogP contribution in [0.1, 0.15) is 23.4 Å². The zero-order valence-corrected chi connectivity index (χ0v) is 16.7. The third kappa shape index (κ3) is 4.92. The minimum Gasteiger partial charge on any atom is -0.356 e. The minimum absolute atomic E-state index is 0.0287. The lowest BCUT2D eigenvalue weighted by Crippen LogP contribution is -2.26. The predicted octanol–water partition coefficient (Wildman–Crippen LogP) is 4.52. The predicted molar refractivity (Wildman–Crippen MR) is 117 cm³/mol. The first-order valence-electron chi connectivity index (χ1n) is 10.2. The van der Waals surface area contributed by atoms with Crippen LogP contribution in [-0.4, -0.2) is 22.0 Å². The molecule has 0 saturated carbocycles. The molecule has 30 heavy (non-hydrogen) atoms. The number of halogens is 1. The molecule has 4 aromatic rings. The molecule has 0 aliphatic rings. The van der Waals surface area contributed by atoms with Crippen LogP contribution in [0.25, 0.3) is 11.0 Å². The van der Waals surface area contributed by atoms with Gasteiger partial charge in [0.25, 0.3) is 0 Å². The highest BCUT2D eigenvalue weighted by atomic mass is 19.1. The topological polar surface area (TPSA) is 46.9 Å². The van der Waals surface area contributed by atoms with E-state index in [4.69, 9.17) is 4.98 Å². The van der Waals surface area contributed by atoms with Crippen LogP contribution in [0.15, 0.2) is 78.9 Å². The SMILES string of the molecule is O=C(Cc1ccccc1)NCCCc1nc2ccccc2n1Cc1ccc(F)cc1. The number of imidazole rings is 1. The van der Waals surface area contributed by atoms with E-state index in [-0.39, 0.29) is 11.7 Å². The lowest BCUT2D eigenvalue weighted by Gasteiger charge is -2.10. The van der Waals surface area contributed by atoms with E-state index in [0.717, 1.165) is 40.8 Å². The Kier molecular flexibility index (Phi) is 6.18. The molecule has 0 atom stereocenters. The number of benzene rings is 3. The molecule has 1 amide bonds. The molecule has 0 bridgehead atoms. The van der Waals surface area contributed by atoms with Crippen LogP contribution in [0, 0.1) is 5.82 Å². The zero-order chi connectivity index (χ0) is 20.8. The van der Waals surface area contributed by atoms with Crippen molar-refractivity contribution < 1.29 is 9.18 Å². The van der Waals surface area contributed by atoms with E-state index in [1.165, 1.54) is 12.1 Å². The van der Waals surface area contributed by atoms with Gasteiger partial charge in [0, 0.05) is 19.5 Å². The molecular formula is C25H24FN3O. The number of fused-ring (bicyclic) bond motifs is 1. The first-order chi connectivity index (χ1) is 14.7. The number of hydrogen-bond acceptors (Lipinski definition) is 2. The summed E-state index contributed by atoms with van der Waals surface area (Å²) in [6, 6.07) is 24.3. The van der Waals surface area contributed by atoms with Gasteiger partial charge in [-0.05, 0) is 41.8 Å². The van der Waals surface area contributed by atoms with Gasteiger partial charge < -0.3 is 9.88 Å². The van der Waals surface area contributed by atoms with Crippen LogP contribution in [0.5, 0.6) is 0 Å². The molecule has 0 saturated heterocycles. The monoisotopic (exact) mass is 401 g/mol. The molecule has 0 unspecified atom stereocenters. The fourth-order valence-electron chi connectivity index (χ4n) is 3.58. The van der Waals surface area contributed by atoms with Gasteiger partial charge in [0.15, 0.2) is 0 Å². The van der Waals surface area contributed by atoms with Crippen molar-refractivity contribution in [2.24, 2.45) is 0 Å². The third-order valence-corrected chi connectivity index (χ3v) is 5.09. The van der Waals surface area contributed by atoms with Gasteiger partial charge in [-0.25, -0.2) is 9.37 Å². The molecule has 3 aromatic carbocycles.